The number of aromatic nitrogens is 2. The second kappa shape index (κ2) is 12.7. The summed E-state index contributed by atoms with van der Waals surface area (Å²) in [6, 6.07) is 22.8. The number of hydrogen-bond acceptors (Lipinski definition) is 5. The van der Waals surface area contributed by atoms with Gasteiger partial charge in [0.15, 0.2) is 17.2 Å². The molecule has 0 bridgehead atoms. The molecule has 0 aliphatic carbocycles. The number of fused-ring (bicyclic) bond motifs is 2. The molecule has 0 fully saturated rings. The van der Waals surface area contributed by atoms with E-state index in [2.05, 4.69) is 11.1 Å². The maximum Gasteiger partial charge on any atom is 0.435 e. The number of ether oxygens (including phenoxy) is 3. The zero-order chi connectivity index (χ0) is 28.8. The average Bonchev–Trinajstić information content (AvgIpc) is 3.71. The Hall–Kier alpha value is -3.98. The molecule has 0 amide bonds. The average molecular weight is 566 g/mol. The smallest absolute Gasteiger partial charge is 0.435 e. The van der Waals surface area contributed by atoms with Crippen LogP contribution < -0.4 is 14.2 Å². The van der Waals surface area contributed by atoms with Crippen LogP contribution in [0.3, 0.4) is 0 Å². The van der Waals surface area contributed by atoms with Gasteiger partial charge < -0.3 is 18.8 Å². The summed E-state index contributed by atoms with van der Waals surface area (Å²) in [7, 11) is 1.81. The molecule has 4 aromatic rings. The Balaban J connectivity index is 0.000000315. The van der Waals surface area contributed by atoms with Gasteiger partial charge in [0.1, 0.15) is 11.6 Å². The summed E-state index contributed by atoms with van der Waals surface area (Å²) >= 11 is 0. The molecule has 1 aromatic heterocycles. The normalized spacial score (nSPS) is 13.5. The highest BCUT2D eigenvalue weighted by Gasteiger charge is 2.39. The first-order valence-electron chi connectivity index (χ1n) is 13.8. The van der Waals surface area contributed by atoms with Crippen LogP contribution in [0.2, 0.25) is 0 Å². The fourth-order valence-corrected chi connectivity index (χ4v) is 5.02. The molecule has 3 heterocycles. The van der Waals surface area contributed by atoms with E-state index in [1.807, 2.05) is 73.5 Å². The van der Waals surface area contributed by atoms with Crippen molar-refractivity contribution in [2.45, 2.75) is 52.0 Å². The van der Waals surface area contributed by atoms with Crippen LogP contribution in [-0.4, -0.2) is 34.9 Å². The maximum atomic E-state index is 14.0. The minimum Gasteiger partial charge on any atom is -0.493 e. The van der Waals surface area contributed by atoms with Crippen LogP contribution in [0.1, 0.15) is 42.3 Å². The molecule has 2 aliphatic rings. The van der Waals surface area contributed by atoms with Crippen molar-refractivity contribution in [3.8, 4) is 28.6 Å². The van der Waals surface area contributed by atoms with E-state index in [0.717, 1.165) is 37.2 Å². The number of nitrogens with zero attached hydrogens (tertiary/aromatic N) is 3. The third-order valence-corrected chi connectivity index (χ3v) is 7.02. The molecule has 216 valence electrons. The molecule has 3 aromatic carbocycles. The number of benzene rings is 3. The van der Waals surface area contributed by atoms with Crippen molar-refractivity contribution in [2.24, 2.45) is 0 Å². The topological polar surface area (TPSA) is 48.8 Å². The van der Waals surface area contributed by atoms with Gasteiger partial charge in [-0.05, 0) is 42.8 Å². The maximum absolute atomic E-state index is 14.0. The molecule has 6 rings (SSSR count). The lowest BCUT2D eigenvalue weighted by Gasteiger charge is -2.20. The van der Waals surface area contributed by atoms with Gasteiger partial charge in [-0.25, -0.2) is 4.98 Å². The highest BCUT2D eigenvalue weighted by atomic mass is 19.4. The van der Waals surface area contributed by atoms with Crippen molar-refractivity contribution in [3.05, 3.63) is 95.3 Å². The number of hydrogen-bond donors (Lipinski definition) is 0. The monoisotopic (exact) mass is 565 g/mol. The fourth-order valence-electron chi connectivity index (χ4n) is 5.02. The van der Waals surface area contributed by atoms with Gasteiger partial charge in [0.2, 0.25) is 6.79 Å². The van der Waals surface area contributed by atoms with Crippen molar-refractivity contribution in [1.29, 1.82) is 0 Å². The summed E-state index contributed by atoms with van der Waals surface area (Å²) in [5, 5.41) is 0. The summed E-state index contributed by atoms with van der Waals surface area (Å²) in [6.45, 7) is 4.13. The van der Waals surface area contributed by atoms with Crippen LogP contribution in [0.15, 0.2) is 72.8 Å². The van der Waals surface area contributed by atoms with Gasteiger partial charge in [-0.3, -0.25) is 4.90 Å². The van der Waals surface area contributed by atoms with Gasteiger partial charge in [0, 0.05) is 31.6 Å². The predicted octanol–water partition coefficient (Wildman–Crippen LogP) is 7.35. The Morgan fingerprint density at radius 3 is 2.39 bits per heavy atom. The van der Waals surface area contributed by atoms with E-state index in [1.165, 1.54) is 5.56 Å². The quantitative estimate of drug-likeness (QED) is 0.224. The molecule has 6 nitrogen and oxygen atoms in total. The van der Waals surface area contributed by atoms with E-state index >= 15 is 0 Å². The van der Waals surface area contributed by atoms with E-state index in [-0.39, 0.29) is 19.0 Å². The van der Waals surface area contributed by atoms with Crippen molar-refractivity contribution in [3.63, 3.8) is 0 Å². The van der Waals surface area contributed by atoms with Crippen LogP contribution >= 0.6 is 0 Å². The van der Waals surface area contributed by atoms with Crippen molar-refractivity contribution >= 4 is 0 Å². The Kier molecular flexibility index (Phi) is 8.83. The first-order valence-corrected chi connectivity index (χ1v) is 13.8. The van der Waals surface area contributed by atoms with Crippen LogP contribution in [0.25, 0.3) is 11.4 Å². The van der Waals surface area contributed by atoms with Gasteiger partial charge in [0.25, 0.3) is 0 Å². The van der Waals surface area contributed by atoms with Crippen molar-refractivity contribution in [1.82, 2.24) is 14.5 Å². The lowest BCUT2D eigenvalue weighted by molar-refractivity contribution is -0.141. The highest BCUT2D eigenvalue weighted by Crippen LogP contribution is 2.36. The largest absolute Gasteiger partial charge is 0.493 e. The van der Waals surface area contributed by atoms with E-state index in [9.17, 15) is 13.2 Å². The van der Waals surface area contributed by atoms with E-state index in [1.54, 1.807) is 16.7 Å². The molecule has 9 heteroatoms. The van der Waals surface area contributed by atoms with Gasteiger partial charge >= 0.3 is 6.18 Å². The summed E-state index contributed by atoms with van der Waals surface area (Å²) in [5.41, 5.74) is 2.34. The number of alkyl halides is 3. The van der Waals surface area contributed by atoms with Gasteiger partial charge in [-0.2, -0.15) is 13.2 Å². The Morgan fingerprint density at radius 2 is 1.63 bits per heavy atom. The minimum absolute atomic E-state index is 0.118. The van der Waals surface area contributed by atoms with Gasteiger partial charge in [-0.1, -0.05) is 67.9 Å². The SMILES string of the molecule is CCCCn1c(-c2ccccc2)nc(C(F)(F)F)c1CN(C)Cc1ccc2c(c1)OCO2.c1ccc2c(c1)CCO2. The number of rotatable bonds is 8. The second-order valence-corrected chi connectivity index (χ2v) is 10.2. The highest BCUT2D eigenvalue weighted by molar-refractivity contribution is 5.57. The van der Waals surface area contributed by atoms with E-state index < -0.39 is 11.9 Å². The third kappa shape index (κ3) is 6.85. The lowest BCUT2D eigenvalue weighted by Crippen LogP contribution is -2.22. The molecule has 0 saturated carbocycles. The Morgan fingerprint density at radius 1 is 0.878 bits per heavy atom. The van der Waals surface area contributed by atoms with Crippen LogP contribution in [0.5, 0.6) is 17.2 Å². The fraction of sp³-hybridized carbons (Fsp3) is 0.344. The molecule has 41 heavy (non-hydrogen) atoms. The standard InChI is InChI=1S/C24H26F3N3O2.C8H8O/c1-3-4-12-30-19(15-29(2)14-17-10-11-20-21(13-17)32-16-31-20)22(24(25,26)27)28-23(30)18-8-6-5-7-9-18;1-2-4-8-7(3-1)5-6-9-8/h5-11,13H,3-4,12,14-16H2,1-2H3;1-4H,5-6H2. The summed E-state index contributed by atoms with van der Waals surface area (Å²) in [4.78, 5) is 5.95. The number of para-hydroxylation sites is 1. The van der Waals surface area contributed by atoms with E-state index in [4.69, 9.17) is 14.2 Å². The van der Waals surface area contributed by atoms with Crippen LogP contribution in [-0.2, 0) is 32.2 Å². The molecule has 0 N–H and O–H groups in total. The summed E-state index contributed by atoms with van der Waals surface area (Å²) in [6.07, 6.45) is -1.81. The molecular weight excluding hydrogens is 531 g/mol. The third-order valence-electron chi connectivity index (χ3n) is 7.02. The zero-order valence-corrected chi connectivity index (χ0v) is 23.3. The molecular formula is C32H34F3N3O3. The van der Waals surface area contributed by atoms with Crippen molar-refractivity contribution < 1.29 is 27.4 Å². The minimum atomic E-state index is -4.53. The number of imidazole rings is 1. The predicted molar refractivity (Wildman–Crippen MR) is 151 cm³/mol. The molecule has 0 spiro atoms. The molecule has 0 radical (unpaired) electrons. The molecule has 0 saturated heterocycles. The van der Waals surface area contributed by atoms with E-state index in [0.29, 0.717) is 36.0 Å². The molecule has 0 unspecified atom stereocenters. The number of unbranched alkanes of at least 4 members (excludes halogenated alkanes) is 1. The number of halogens is 3. The Bertz CT molecular complexity index is 1430. The second-order valence-electron chi connectivity index (χ2n) is 10.2. The van der Waals surface area contributed by atoms with Crippen LogP contribution in [0, 0.1) is 0 Å². The lowest BCUT2D eigenvalue weighted by atomic mass is 10.2. The molecule has 2 aliphatic heterocycles. The summed E-state index contributed by atoms with van der Waals surface area (Å²) < 4.78 is 59.7. The van der Waals surface area contributed by atoms with Crippen LogP contribution in [0.4, 0.5) is 13.2 Å². The zero-order valence-electron chi connectivity index (χ0n) is 23.3. The summed E-state index contributed by atoms with van der Waals surface area (Å²) in [5.74, 6) is 2.77. The van der Waals surface area contributed by atoms with Gasteiger partial charge in [-0.15, -0.1) is 0 Å². The van der Waals surface area contributed by atoms with Gasteiger partial charge in [0.05, 0.1) is 12.3 Å². The first kappa shape index (κ1) is 28.5. The van der Waals surface area contributed by atoms with Crippen molar-refractivity contribution in [2.75, 3.05) is 20.4 Å². The first-order chi connectivity index (χ1) is 19.8. The molecule has 0 atom stereocenters. The Labute approximate surface area is 238 Å².